The summed E-state index contributed by atoms with van der Waals surface area (Å²) < 4.78 is 13.3. The first kappa shape index (κ1) is 14.3. The second-order valence-corrected chi connectivity index (χ2v) is 5.35. The Kier molecular flexibility index (Phi) is 4.45. The van der Waals surface area contributed by atoms with Crippen LogP contribution in [0, 0.1) is 5.82 Å². The predicted molar refractivity (Wildman–Crippen MR) is 78.5 cm³/mol. The fourth-order valence-electron chi connectivity index (χ4n) is 1.48. The minimum atomic E-state index is -0.450. The van der Waals surface area contributed by atoms with Crippen LogP contribution < -0.4 is 5.32 Å². The van der Waals surface area contributed by atoms with Gasteiger partial charge in [0.15, 0.2) is 0 Å². The first-order valence-corrected chi connectivity index (χ1v) is 6.74. The Hall–Kier alpha value is -1.10. The molecule has 2 aromatic rings. The molecular formula is C13H7BrCl2FNO. The van der Waals surface area contributed by atoms with E-state index in [9.17, 15) is 9.18 Å². The molecule has 1 amide bonds. The molecule has 1 N–H and O–H groups in total. The fraction of sp³-hybridized carbons (Fsp3) is 0. The third-order valence-corrected chi connectivity index (χ3v) is 3.60. The maximum Gasteiger partial charge on any atom is 0.258 e. The molecule has 98 valence electrons. The summed E-state index contributed by atoms with van der Waals surface area (Å²) in [5.74, 6) is -0.858. The summed E-state index contributed by atoms with van der Waals surface area (Å²) in [6, 6.07) is 8.94. The van der Waals surface area contributed by atoms with Gasteiger partial charge in [0.05, 0.1) is 20.1 Å². The molecule has 0 spiro atoms. The molecule has 6 heteroatoms. The molecule has 2 aromatic carbocycles. The summed E-state index contributed by atoms with van der Waals surface area (Å²) >= 11 is 14.9. The number of hydrogen-bond acceptors (Lipinski definition) is 1. The summed E-state index contributed by atoms with van der Waals surface area (Å²) in [5.41, 5.74) is 0.626. The minimum Gasteiger partial charge on any atom is -0.322 e. The lowest BCUT2D eigenvalue weighted by Crippen LogP contribution is -2.13. The molecule has 0 heterocycles. The average Bonchev–Trinajstić information content (AvgIpc) is 2.33. The third-order valence-electron chi connectivity index (χ3n) is 2.37. The highest BCUT2D eigenvalue weighted by Gasteiger charge is 2.15. The first-order valence-electron chi connectivity index (χ1n) is 5.19. The highest BCUT2D eigenvalue weighted by molar-refractivity contribution is 9.10. The van der Waals surface area contributed by atoms with Crippen molar-refractivity contribution in [3.8, 4) is 0 Å². The molecule has 2 rings (SSSR count). The van der Waals surface area contributed by atoms with E-state index in [-0.39, 0.29) is 20.1 Å². The Morgan fingerprint density at radius 2 is 1.79 bits per heavy atom. The van der Waals surface area contributed by atoms with Gasteiger partial charge in [-0.05, 0) is 46.3 Å². The van der Waals surface area contributed by atoms with Crippen LogP contribution in [0.5, 0.6) is 0 Å². The van der Waals surface area contributed by atoms with Gasteiger partial charge in [-0.1, -0.05) is 29.3 Å². The molecule has 19 heavy (non-hydrogen) atoms. The summed E-state index contributed by atoms with van der Waals surface area (Å²) in [5, 5.41) is 3.11. The molecule has 0 atom stereocenters. The van der Waals surface area contributed by atoms with Crippen LogP contribution in [0.3, 0.4) is 0 Å². The van der Waals surface area contributed by atoms with Crippen LogP contribution in [-0.2, 0) is 0 Å². The van der Waals surface area contributed by atoms with Gasteiger partial charge in [-0.3, -0.25) is 4.79 Å². The van der Waals surface area contributed by atoms with E-state index in [4.69, 9.17) is 23.2 Å². The van der Waals surface area contributed by atoms with E-state index in [0.717, 1.165) is 0 Å². The van der Waals surface area contributed by atoms with E-state index in [1.165, 1.54) is 18.2 Å². The first-order chi connectivity index (χ1) is 8.99. The van der Waals surface area contributed by atoms with Crippen LogP contribution >= 0.6 is 39.1 Å². The molecule has 0 radical (unpaired) electrons. The van der Waals surface area contributed by atoms with Crippen LogP contribution in [0.1, 0.15) is 10.4 Å². The molecule has 0 fully saturated rings. The van der Waals surface area contributed by atoms with Gasteiger partial charge < -0.3 is 5.32 Å². The van der Waals surface area contributed by atoms with Gasteiger partial charge in [0.1, 0.15) is 5.82 Å². The second kappa shape index (κ2) is 5.90. The lowest BCUT2D eigenvalue weighted by atomic mass is 10.2. The molecule has 0 unspecified atom stereocenters. The van der Waals surface area contributed by atoms with Crippen molar-refractivity contribution in [2.24, 2.45) is 0 Å². The van der Waals surface area contributed by atoms with Gasteiger partial charge in [-0.2, -0.15) is 0 Å². The minimum absolute atomic E-state index is 0.186. The van der Waals surface area contributed by atoms with Gasteiger partial charge in [0.2, 0.25) is 0 Å². The molecule has 0 aliphatic heterocycles. The van der Waals surface area contributed by atoms with E-state index < -0.39 is 11.7 Å². The number of rotatable bonds is 2. The van der Waals surface area contributed by atoms with Crippen molar-refractivity contribution in [2.45, 2.75) is 0 Å². The number of hydrogen-bond donors (Lipinski definition) is 1. The lowest BCUT2D eigenvalue weighted by molar-refractivity contribution is 0.102. The lowest BCUT2D eigenvalue weighted by Gasteiger charge is -2.08. The maximum absolute atomic E-state index is 13.1. The highest BCUT2D eigenvalue weighted by Crippen LogP contribution is 2.26. The molecule has 2 nitrogen and oxygen atoms in total. The molecule has 0 aliphatic rings. The van der Waals surface area contributed by atoms with E-state index in [2.05, 4.69) is 21.2 Å². The number of carbonyl (C=O) groups excluding carboxylic acids is 1. The largest absolute Gasteiger partial charge is 0.322 e. The zero-order valence-electron chi connectivity index (χ0n) is 9.38. The SMILES string of the molecule is O=C(Nc1ccc(F)c(Br)c1)c1c(Cl)cccc1Cl. The van der Waals surface area contributed by atoms with Crippen molar-refractivity contribution in [1.29, 1.82) is 0 Å². The molecule has 0 saturated carbocycles. The van der Waals surface area contributed by atoms with E-state index in [1.807, 2.05) is 0 Å². The Bertz CT molecular complexity index is 628. The number of carbonyl (C=O) groups is 1. The summed E-state index contributed by atoms with van der Waals surface area (Å²) in [6.45, 7) is 0. The molecular weight excluding hydrogens is 356 g/mol. The number of amides is 1. The Morgan fingerprint density at radius 1 is 1.16 bits per heavy atom. The van der Waals surface area contributed by atoms with E-state index >= 15 is 0 Å². The van der Waals surface area contributed by atoms with Gasteiger partial charge in [-0.15, -0.1) is 0 Å². The van der Waals surface area contributed by atoms with Crippen molar-refractivity contribution < 1.29 is 9.18 Å². The van der Waals surface area contributed by atoms with Crippen molar-refractivity contribution in [1.82, 2.24) is 0 Å². The quantitative estimate of drug-likeness (QED) is 0.786. The fourth-order valence-corrected chi connectivity index (χ4v) is 2.43. The average molecular weight is 363 g/mol. The van der Waals surface area contributed by atoms with Crippen molar-refractivity contribution in [2.75, 3.05) is 5.32 Å². The Balaban J connectivity index is 2.28. The predicted octanol–water partition coefficient (Wildman–Crippen LogP) is 5.15. The van der Waals surface area contributed by atoms with Gasteiger partial charge in [-0.25, -0.2) is 4.39 Å². The Morgan fingerprint density at radius 3 is 2.37 bits per heavy atom. The normalized spacial score (nSPS) is 10.3. The van der Waals surface area contributed by atoms with Crippen molar-refractivity contribution in [3.05, 3.63) is 62.3 Å². The zero-order chi connectivity index (χ0) is 14.0. The smallest absolute Gasteiger partial charge is 0.258 e. The summed E-state index contributed by atoms with van der Waals surface area (Å²) in [6.07, 6.45) is 0. The van der Waals surface area contributed by atoms with Crippen LogP contribution in [0.2, 0.25) is 10.0 Å². The molecule has 0 bridgehead atoms. The standard InChI is InChI=1S/C13H7BrCl2FNO/c14-8-6-7(4-5-11(8)17)18-13(19)12-9(15)2-1-3-10(12)16/h1-6H,(H,18,19). The molecule has 0 aromatic heterocycles. The number of halogens is 4. The van der Waals surface area contributed by atoms with E-state index in [1.54, 1.807) is 18.2 Å². The summed E-state index contributed by atoms with van der Waals surface area (Å²) in [4.78, 5) is 12.1. The highest BCUT2D eigenvalue weighted by atomic mass is 79.9. The van der Waals surface area contributed by atoms with Crippen LogP contribution in [-0.4, -0.2) is 5.91 Å². The second-order valence-electron chi connectivity index (χ2n) is 3.68. The Labute approximate surface area is 127 Å². The summed E-state index contributed by atoms with van der Waals surface area (Å²) in [7, 11) is 0. The topological polar surface area (TPSA) is 29.1 Å². The van der Waals surface area contributed by atoms with Crippen LogP contribution in [0.25, 0.3) is 0 Å². The van der Waals surface area contributed by atoms with Crippen molar-refractivity contribution >= 4 is 50.7 Å². The third kappa shape index (κ3) is 3.26. The monoisotopic (exact) mass is 361 g/mol. The van der Waals surface area contributed by atoms with Gasteiger partial charge in [0, 0.05) is 5.69 Å². The zero-order valence-corrected chi connectivity index (χ0v) is 12.5. The van der Waals surface area contributed by atoms with Crippen molar-refractivity contribution in [3.63, 3.8) is 0 Å². The van der Waals surface area contributed by atoms with Crippen LogP contribution in [0.4, 0.5) is 10.1 Å². The van der Waals surface area contributed by atoms with Gasteiger partial charge in [0.25, 0.3) is 5.91 Å². The molecule has 0 aliphatic carbocycles. The van der Waals surface area contributed by atoms with Gasteiger partial charge >= 0.3 is 0 Å². The number of nitrogens with one attached hydrogen (secondary N) is 1. The van der Waals surface area contributed by atoms with E-state index in [0.29, 0.717) is 5.69 Å². The maximum atomic E-state index is 13.1. The number of benzene rings is 2. The van der Waals surface area contributed by atoms with Crippen LogP contribution in [0.15, 0.2) is 40.9 Å². The number of anilines is 1. The molecule has 0 saturated heterocycles.